The maximum absolute atomic E-state index is 8.74. The van der Waals surface area contributed by atoms with Crippen LogP contribution in [-0.4, -0.2) is 37.6 Å². The molecule has 0 saturated carbocycles. The van der Waals surface area contributed by atoms with Gasteiger partial charge in [-0.3, -0.25) is 4.46 Å². The second-order valence-electron chi connectivity index (χ2n) is 0.283. The van der Waals surface area contributed by atoms with Gasteiger partial charge < -0.3 is 9.59 Å². The third-order valence-corrected chi connectivity index (χ3v) is 0. The SMILES string of the molecule is O=[Si](O)O.[Fe].[LiH]. The fraction of sp³-hybridized carbons (Fsp3) is 0. The molecule has 0 bridgehead atoms. The van der Waals surface area contributed by atoms with E-state index in [1.54, 1.807) is 0 Å². The van der Waals surface area contributed by atoms with Crippen LogP contribution in [-0.2, 0) is 21.5 Å². The first-order chi connectivity index (χ1) is 1.73. The van der Waals surface area contributed by atoms with Gasteiger partial charge in [0.05, 0.1) is 0 Å². The maximum atomic E-state index is 8.74. The third kappa shape index (κ3) is 123. The van der Waals surface area contributed by atoms with E-state index in [1.165, 1.54) is 0 Å². The zero-order chi connectivity index (χ0) is 3.58. The van der Waals surface area contributed by atoms with E-state index in [0.717, 1.165) is 0 Å². The first-order valence-corrected chi connectivity index (χ1v) is 1.95. The molecule has 0 aliphatic carbocycles. The Bertz CT molecular complexity index is 33.8. The van der Waals surface area contributed by atoms with Crippen LogP contribution in [0.5, 0.6) is 0 Å². The molecule has 6 heavy (non-hydrogen) atoms. The van der Waals surface area contributed by atoms with Crippen molar-refractivity contribution in [2.45, 2.75) is 0 Å². The number of hydrogen-bond acceptors (Lipinski definition) is 1. The summed E-state index contributed by atoms with van der Waals surface area (Å²) in [7, 11) is -3.13. The number of rotatable bonds is 0. The zero-order valence-electron chi connectivity index (χ0n) is 2.16. The van der Waals surface area contributed by atoms with Gasteiger partial charge in [0.15, 0.2) is 0 Å². The van der Waals surface area contributed by atoms with E-state index in [1.807, 2.05) is 0 Å². The molecule has 0 heterocycles. The van der Waals surface area contributed by atoms with Gasteiger partial charge in [-0.25, -0.2) is 0 Å². The van der Waals surface area contributed by atoms with Crippen LogP contribution >= 0.6 is 0 Å². The summed E-state index contributed by atoms with van der Waals surface area (Å²) in [5, 5.41) is 0. The summed E-state index contributed by atoms with van der Waals surface area (Å²) >= 11 is 0. The van der Waals surface area contributed by atoms with Gasteiger partial charge in [0, 0.05) is 17.1 Å². The van der Waals surface area contributed by atoms with Gasteiger partial charge in [-0.2, -0.15) is 0 Å². The van der Waals surface area contributed by atoms with Crippen molar-refractivity contribution < 1.29 is 31.1 Å². The second kappa shape index (κ2) is 9.22. The predicted octanol–water partition coefficient (Wildman–Crippen LogP) is -2.26. The van der Waals surface area contributed by atoms with Crippen LogP contribution in [0.15, 0.2) is 0 Å². The molecule has 0 fully saturated rings. The summed E-state index contributed by atoms with van der Waals surface area (Å²) < 4.78 is 8.74. The molecule has 0 amide bonds. The third-order valence-electron chi connectivity index (χ3n) is 0. The molecule has 0 aliphatic rings. The molecule has 2 N–H and O–H groups in total. The van der Waals surface area contributed by atoms with E-state index in [9.17, 15) is 0 Å². The van der Waals surface area contributed by atoms with Crippen molar-refractivity contribution in [2.24, 2.45) is 0 Å². The summed E-state index contributed by atoms with van der Waals surface area (Å²) in [5.41, 5.74) is 0. The standard InChI is InChI=1S/Fe.Li.H2O3Si.H/c;;1-4(2)3;/h;;1-2H;. The van der Waals surface area contributed by atoms with Gasteiger partial charge >= 0.3 is 28.0 Å². The van der Waals surface area contributed by atoms with Crippen LogP contribution < -0.4 is 0 Å². The molecule has 0 spiro atoms. The Balaban J connectivity index is -0.0000000450. The van der Waals surface area contributed by atoms with Crippen molar-refractivity contribution in [2.75, 3.05) is 0 Å². The summed E-state index contributed by atoms with van der Waals surface area (Å²) in [6.07, 6.45) is 0. The molecular formula is H3FeLiO3Si. The van der Waals surface area contributed by atoms with Gasteiger partial charge in [-0.1, -0.05) is 0 Å². The normalized spacial score (nSPS) is 4.00. The molecule has 0 unspecified atom stereocenters. The van der Waals surface area contributed by atoms with Crippen LogP contribution in [0.1, 0.15) is 0 Å². The molecular weight excluding hydrogens is 139 g/mol. The van der Waals surface area contributed by atoms with Crippen LogP contribution in [0.25, 0.3) is 0 Å². The molecule has 0 aliphatic heterocycles. The minimum atomic E-state index is -3.13. The fourth-order valence-corrected chi connectivity index (χ4v) is 0. The van der Waals surface area contributed by atoms with Crippen LogP contribution in [0.2, 0.25) is 0 Å². The topological polar surface area (TPSA) is 57.5 Å². The molecule has 0 radical (unpaired) electrons. The molecule has 0 aromatic rings. The Kier molecular flexibility index (Phi) is 24.4. The van der Waals surface area contributed by atoms with E-state index < -0.39 is 9.17 Å². The Labute approximate surface area is 59.3 Å². The van der Waals surface area contributed by atoms with Crippen molar-refractivity contribution in [3.8, 4) is 0 Å². The number of hydrogen-bond donors (Lipinski definition) is 2. The Morgan fingerprint density at radius 2 is 1.33 bits per heavy atom. The Morgan fingerprint density at radius 3 is 1.33 bits per heavy atom. The van der Waals surface area contributed by atoms with E-state index in [0.29, 0.717) is 0 Å². The summed E-state index contributed by atoms with van der Waals surface area (Å²) in [6.45, 7) is 0. The summed E-state index contributed by atoms with van der Waals surface area (Å²) in [5.74, 6) is 0. The molecule has 0 atom stereocenters. The monoisotopic (exact) mass is 142 g/mol. The van der Waals surface area contributed by atoms with Crippen molar-refractivity contribution in [3.63, 3.8) is 0 Å². The summed E-state index contributed by atoms with van der Waals surface area (Å²) in [4.78, 5) is 14.3. The van der Waals surface area contributed by atoms with Gasteiger partial charge in [0.2, 0.25) is 0 Å². The summed E-state index contributed by atoms with van der Waals surface area (Å²) in [6, 6.07) is 0. The van der Waals surface area contributed by atoms with Gasteiger partial charge in [0.25, 0.3) is 0 Å². The van der Waals surface area contributed by atoms with E-state index in [-0.39, 0.29) is 35.9 Å². The van der Waals surface area contributed by atoms with Crippen molar-refractivity contribution in [1.82, 2.24) is 0 Å². The van der Waals surface area contributed by atoms with Crippen LogP contribution in [0, 0.1) is 0 Å². The average molecular weight is 142 g/mol. The van der Waals surface area contributed by atoms with Crippen LogP contribution in [0.4, 0.5) is 0 Å². The van der Waals surface area contributed by atoms with E-state index in [2.05, 4.69) is 0 Å². The molecule has 3 nitrogen and oxygen atoms in total. The molecule has 0 saturated heterocycles. The molecule has 0 aromatic carbocycles. The zero-order valence-corrected chi connectivity index (χ0v) is 4.26. The molecule has 6 heteroatoms. The second-order valence-corrected chi connectivity index (χ2v) is 0.848. The first kappa shape index (κ1) is 15.9. The molecule has 0 aromatic heterocycles. The molecule has 34 valence electrons. The Hall–Kier alpha value is 0.734. The van der Waals surface area contributed by atoms with Crippen molar-refractivity contribution >= 4 is 28.0 Å². The van der Waals surface area contributed by atoms with Crippen molar-refractivity contribution in [1.29, 1.82) is 0 Å². The van der Waals surface area contributed by atoms with Gasteiger partial charge in [0.1, 0.15) is 0 Å². The van der Waals surface area contributed by atoms with Gasteiger partial charge in [-0.15, -0.1) is 0 Å². The predicted molar refractivity (Wildman–Crippen MR) is 18.0 cm³/mol. The van der Waals surface area contributed by atoms with Gasteiger partial charge in [-0.05, 0) is 0 Å². The van der Waals surface area contributed by atoms with E-state index >= 15 is 0 Å². The Morgan fingerprint density at radius 1 is 1.33 bits per heavy atom. The first-order valence-electron chi connectivity index (χ1n) is 0.651. The average Bonchev–Trinajstić information content (AvgIpc) is 0.811. The van der Waals surface area contributed by atoms with Crippen LogP contribution in [0.3, 0.4) is 0 Å². The molecule has 0 rings (SSSR count). The quantitative estimate of drug-likeness (QED) is 0.375. The van der Waals surface area contributed by atoms with E-state index in [4.69, 9.17) is 14.1 Å². The fourth-order valence-electron chi connectivity index (χ4n) is 0. The van der Waals surface area contributed by atoms with Crippen molar-refractivity contribution in [3.05, 3.63) is 0 Å². The minimum absolute atomic E-state index is 0.